The first kappa shape index (κ1) is 12.9. The molecular formula is C9H8Cl2N4S2. The maximum Gasteiger partial charge on any atom is 0.148 e. The van der Waals surface area contributed by atoms with Crippen molar-refractivity contribution in [1.29, 1.82) is 0 Å². The molecule has 0 aliphatic heterocycles. The van der Waals surface area contributed by atoms with Gasteiger partial charge >= 0.3 is 0 Å². The van der Waals surface area contributed by atoms with Gasteiger partial charge in [0.2, 0.25) is 0 Å². The molecule has 0 fully saturated rings. The molecule has 0 unspecified atom stereocenters. The van der Waals surface area contributed by atoms with E-state index in [1.807, 2.05) is 12.1 Å². The molecule has 3 N–H and O–H groups in total. The summed E-state index contributed by atoms with van der Waals surface area (Å²) in [6, 6.07) is 5.51. The molecule has 4 nitrogen and oxygen atoms in total. The number of benzene rings is 1. The zero-order valence-electron chi connectivity index (χ0n) is 8.48. The molecule has 2 rings (SSSR count). The minimum absolute atomic E-state index is 0.547. The van der Waals surface area contributed by atoms with Crippen molar-refractivity contribution >= 4 is 51.5 Å². The van der Waals surface area contributed by atoms with Gasteiger partial charge in [0, 0.05) is 22.2 Å². The number of anilines is 1. The molecule has 0 atom stereocenters. The number of nitrogens with one attached hydrogen (secondary N) is 1. The van der Waals surface area contributed by atoms with Gasteiger partial charge in [-0.3, -0.25) is 0 Å². The largest absolute Gasteiger partial charge is 0.313 e. The fourth-order valence-corrected chi connectivity index (χ4v) is 2.95. The van der Waals surface area contributed by atoms with Crippen LogP contribution in [0.2, 0.25) is 10.0 Å². The number of halogens is 2. The van der Waals surface area contributed by atoms with Crippen LogP contribution < -0.4 is 11.3 Å². The lowest BCUT2D eigenvalue weighted by atomic mass is 10.4. The maximum atomic E-state index is 5.93. The summed E-state index contributed by atoms with van der Waals surface area (Å²) in [5, 5.41) is 5.86. The number of nitrogen functional groups attached to an aromatic ring is 1. The van der Waals surface area contributed by atoms with E-state index in [0.717, 1.165) is 15.6 Å². The van der Waals surface area contributed by atoms with Gasteiger partial charge in [0.25, 0.3) is 0 Å². The normalized spacial score (nSPS) is 10.5. The van der Waals surface area contributed by atoms with Crippen LogP contribution in [0.1, 0.15) is 5.69 Å². The fraction of sp³-hybridized carbons (Fsp3) is 0.111. The molecule has 17 heavy (non-hydrogen) atoms. The van der Waals surface area contributed by atoms with E-state index < -0.39 is 0 Å². The van der Waals surface area contributed by atoms with Gasteiger partial charge in [0.15, 0.2) is 0 Å². The number of hydrogen-bond donors (Lipinski definition) is 2. The van der Waals surface area contributed by atoms with Crippen molar-refractivity contribution in [2.24, 2.45) is 5.84 Å². The van der Waals surface area contributed by atoms with Crippen molar-refractivity contribution in [3.05, 3.63) is 33.9 Å². The van der Waals surface area contributed by atoms with Gasteiger partial charge in [0.05, 0.1) is 10.0 Å². The molecule has 0 amide bonds. The lowest BCUT2D eigenvalue weighted by Gasteiger charge is -2.02. The average Bonchev–Trinajstić information content (AvgIpc) is 2.78. The van der Waals surface area contributed by atoms with Crippen LogP contribution in [0.4, 0.5) is 5.00 Å². The number of hydrazine groups is 1. The zero-order chi connectivity index (χ0) is 12.3. The van der Waals surface area contributed by atoms with Gasteiger partial charge in [-0.2, -0.15) is 0 Å². The highest BCUT2D eigenvalue weighted by Crippen LogP contribution is 2.31. The summed E-state index contributed by atoms with van der Waals surface area (Å²) in [7, 11) is 0. The third kappa shape index (κ3) is 3.23. The first-order valence-electron chi connectivity index (χ1n) is 4.56. The first-order valence-corrected chi connectivity index (χ1v) is 7.08. The predicted molar refractivity (Wildman–Crippen MR) is 73.7 cm³/mol. The van der Waals surface area contributed by atoms with Crippen molar-refractivity contribution in [3.63, 3.8) is 0 Å². The number of thioether (sulfide) groups is 1. The monoisotopic (exact) mass is 306 g/mol. The molecule has 1 aromatic heterocycles. The van der Waals surface area contributed by atoms with E-state index in [0.29, 0.717) is 15.8 Å². The van der Waals surface area contributed by atoms with Gasteiger partial charge < -0.3 is 5.43 Å². The number of nitrogens with two attached hydrogens (primary N) is 1. The molecule has 0 aliphatic carbocycles. The molecule has 1 heterocycles. The quantitative estimate of drug-likeness (QED) is 0.515. The van der Waals surface area contributed by atoms with E-state index >= 15 is 0 Å². The van der Waals surface area contributed by atoms with Crippen LogP contribution in [0.5, 0.6) is 0 Å². The van der Waals surface area contributed by atoms with Crippen molar-refractivity contribution in [2.75, 3.05) is 5.43 Å². The van der Waals surface area contributed by atoms with Crippen LogP contribution in [0, 0.1) is 0 Å². The smallest absolute Gasteiger partial charge is 0.148 e. The van der Waals surface area contributed by atoms with Crippen LogP contribution in [0.3, 0.4) is 0 Å². The third-order valence-electron chi connectivity index (χ3n) is 1.95. The summed E-state index contributed by atoms with van der Waals surface area (Å²) >= 11 is 14.6. The van der Waals surface area contributed by atoms with Crippen LogP contribution >= 0.6 is 46.5 Å². The Hall–Kier alpha value is -0.530. The van der Waals surface area contributed by atoms with E-state index in [9.17, 15) is 0 Å². The SMILES string of the molecule is NNc1snnc1CSc1ccc(Cl)c(Cl)c1. The summed E-state index contributed by atoms with van der Waals surface area (Å²) in [4.78, 5) is 1.02. The predicted octanol–water partition coefficient (Wildman–Crippen LogP) is 3.42. The molecule has 0 spiro atoms. The summed E-state index contributed by atoms with van der Waals surface area (Å²) < 4.78 is 3.83. The van der Waals surface area contributed by atoms with Crippen LogP contribution in [0.15, 0.2) is 23.1 Å². The second kappa shape index (κ2) is 5.88. The second-order valence-electron chi connectivity index (χ2n) is 3.06. The minimum atomic E-state index is 0.547. The zero-order valence-corrected chi connectivity index (χ0v) is 11.6. The van der Waals surface area contributed by atoms with Gasteiger partial charge in [-0.25, -0.2) is 5.84 Å². The molecule has 8 heteroatoms. The molecule has 0 saturated heterocycles. The van der Waals surface area contributed by atoms with E-state index in [-0.39, 0.29) is 0 Å². The Labute approximate surface area is 117 Å². The molecule has 1 aromatic carbocycles. The average molecular weight is 307 g/mol. The number of hydrogen-bond acceptors (Lipinski definition) is 6. The molecule has 0 radical (unpaired) electrons. The van der Waals surface area contributed by atoms with E-state index in [1.54, 1.807) is 17.8 Å². The number of rotatable bonds is 4. The Bertz CT molecular complexity index is 517. The number of nitrogens with zero attached hydrogens (tertiary/aromatic N) is 2. The van der Waals surface area contributed by atoms with E-state index in [1.165, 1.54) is 11.5 Å². The summed E-state index contributed by atoms with van der Waals surface area (Å²) in [6.45, 7) is 0. The standard InChI is InChI=1S/C9H8Cl2N4S2/c10-6-2-1-5(3-7(6)11)16-4-8-9(13-12)17-15-14-8/h1-3,13H,4,12H2. The third-order valence-corrected chi connectivity index (χ3v) is 4.40. The summed E-state index contributed by atoms with van der Waals surface area (Å²) in [5.74, 6) is 6.02. The maximum absolute atomic E-state index is 5.93. The Morgan fingerprint density at radius 1 is 1.35 bits per heavy atom. The lowest BCUT2D eigenvalue weighted by molar-refractivity contribution is 1.07. The van der Waals surface area contributed by atoms with Crippen LogP contribution in [-0.2, 0) is 5.75 Å². The highest BCUT2D eigenvalue weighted by Gasteiger charge is 2.07. The van der Waals surface area contributed by atoms with E-state index in [4.69, 9.17) is 29.0 Å². The molecule has 0 aliphatic rings. The van der Waals surface area contributed by atoms with Crippen molar-refractivity contribution < 1.29 is 0 Å². The van der Waals surface area contributed by atoms with Crippen molar-refractivity contribution in [2.45, 2.75) is 10.6 Å². The molecule has 0 bridgehead atoms. The Morgan fingerprint density at radius 2 is 2.18 bits per heavy atom. The molecular weight excluding hydrogens is 299 g/mol. The number of aromatic nitrogens is 2. The summed E-state index contributed by atoms with van der Waals surface area (Å²) in [6.07, 6.45) is 0. The molecule has 0 saturated carbocycles. The highest BCUT2D eigenvalue weighted by molar-refractivity contribution is 7.98. The minimum Gasteiger partial charge on any atom is -0.313 e. The molecule has 2 aromatic rings. The van der Waals surface area contributed by atoms with E-state index in [2.05, 4.69) is 15.0 Å². The van der Waals surface area contributed by atoms with Crippen molar-refractivity contribution in [3.8, 4) is 0 Å². The van der Waals surface area contributed by atoms with Crippen LogP contribution in [0.25, 0.3) is 0 Å². The van der Waals surface area contributed by atoms with Gasteiger partial charge in [-0.05, 0) is 18.2 Å². The van der Waals surface area contributed by atoms with Crippen LogP contribution in [-0.4, -0.2) is 9.59 Å². The Balaban J connectivity index is 2.05. The highest BCUT2D eigenvalue weighted by atomic mass is 35.5. The first-order chi connectivity index (χ1) is 8.20. The fourth-order valence-electron chi connectivity index (χ4n) is 1.13. The Kier molecular flexibility index (Phi) is 4.47. The lowest BCUT2D eigenvalue weighted by Crippen LogP contribution is -2.06. The van der Waals surface area contributed by atoms with Gasteiger partial charge in [-0.15, -0.1) is 16.9 Å². The Morgan fingerprint density at radius 3 is 2.88 bits per heavy atom. The van der Waals surface area contributed by atoms with Gasteiger partial charge in [0.1, 0.15) is 10.7 Å². The van der Waals surface area contributed by atoms with Crippen molar-refractivity contribution in [1.82, 2.24) is 9.59 Å². The summed E-state index contributed by atoms with van der Waals surface area (Å²) in [5.41, 5.74) is 3.39. The topological polar surface area (TPSA) is 63.8 Å². The van der Waals surface area contributed by atoms with Gasteiger partial charge in [-0.1, -0.05) is 27.7 Å². The molecule has 90 valence electrons. The second-order valence-corrected chi connectivity index (χ2v) is 5.67.